The lowest BCUT2D eigenvalue weighted by Gasteiger charge is -2.03. The number of H-pyrrole nitrogens is 1. The fourth-order valence-electron chi connectivity index (χ4n) is 1.60. The summed E-state index contributed by atoms with van der Waals surface area (Å²) in [7, 11) is 0. The van der Waals surface area contributed by atoms with Gasteiger partial charge >= 0.3 is 0 Å². The second-order valence-corrected chi connectivity index (χ2v) is 3.79. The Morgan fingerprint density at radius 3 is 2.67 bits per heavy atom. The van der Waals surface area contributed by atoms with Crippen molar-refractivity contribution in [3.8, 4) is 5.75 Å². The van der Waals surface area contributed by atoms with Gasteiger partial charge in [-0.3, -0.25) is 14.4 Å². The van der Waals surface area contributed by atoms with Gasteiger partial charge in [-0.15, -0.1) is 0 Å². The standard InChI is InChI=1S/C12H10N2O4/c1-6(15)13-7-2-3-9-8(4-7)10(16)5-11(17)12(18)14-9/h2-5,16H,1H3,(H,13,15)(H,14,17,18). The van der Waals surface area contributed by atoms with Gasteiger partial charge in [-0.05, 0) is 18.2 Å². The minimum Gasteiger partial charge on any atom is -0.507 e. The lowest BCUT2D eigenvalue weighted by Crippen LogP contribution is -2.22. The average Bonchev–Trinajstić information content (AvgIpc) is 2.38. The number of benzene rings is 1. The summed E-state index contributed by atoms with van der Waals surface area (Å²) in [5.74, 6) is -0.576. The minimum absolute atomic E-state index is 0.257. The van der Waals surface area contributed by atoms with Gasteiger partial charge in [0.2, 0.25) is 11.3 Å². The van der Waals surface area contributed by atoms with Crippen molar-refractivity contribution in [2.75, 3.05) is 5.32 Å². The summed E-state index contributed by atoms with van der Waals surface area (Å²) in [6, 6.07) is 5.38. The van der Waals surface area contributed by atoms with Gasteiger partial charge in [0.25, 0.3) is 5.56 Å². The van der Waals surface area contributed by atoms with Crippen molar-refractivity contribution in [3.05, 3.63) is 44.8 Å². The Labute approximate surface area is 101 Å². The maximum absolute atomic E-state index is 11.3. The number of aromatic nitrogens is 1. The maximum atomic E-state index is 11.3. The molecule has 2 aromatic rings. The number of hydrogen-bond donors (Lipinski definition) is 3. The van der Waals surface area contributed by atoms with Crippen LogP contribution in [0.5, 0.6) is 5.75 Å². The summed E-state index contributed by atoms with van der Waals surface area (Å²) in [5.41, 5.74) is -0.865. The molecule has 0 radical (unpaired) electrons. The van der Waals surface area contributed by atoms with E-state index in [2.05, 4.69) is 10.3 Å². The van der Waals surface area contributed by atoms with Crippen LogP contribution in [0.15, 0.2) is 33.9 Å². The number of amides is 1. The van der Waals surface area contributed by atoms with Crippen molar-refractivity contribution in [1.82, 2.24) is 4.98 Å². The van der Waals surface area contributed by atoms with E-state index >= 15 is 0 Å². The third-order valence-electron chi connectivity index (χ3n) is 2.36. The molecular formula is C12H10N2O4. The zero-order valence-electron chi connectivity index (χ0n) is 9.48. The molecule has 1 aromatic heterocycles. The van der Waals surface area contributed by atoms with Crippen LogP contribution in [-0.2, 0) is 4.79 Å². The molecule has 1 amide bonds. The molecule has 92 valence electrons. The molecule has 0 aliphatic carbocycles. The lowest BCUT2D eigenvalue weighted by molar-refractivity contribution is -0.114. The number of rotatable bonds is 1. The molecule has 0 saturated carbocycles. The molecule has 6 heteroatoms. The second-order valence-electron chi connectivity index (χ2n) is 3.79. The summed E-state index contributed by atoms with van der Waals surface area (Å²) in [4.78, 5) is 35.8. The van der Waals surface area contributed by atoms with Crippen molar-refractivity contribution in [2.24, 2.45) is 0 Å². The van der Waals surface area contributed by atoms with E-state index in [9.17, 15) is 19.5 Å². The van der Waals surface area contributed by atoms with E-state index in [0.29, 0.717) is 11.2 Å². The number of carbonyl (C=O) groups excluding carboxylic acids is 1. The molecule has 1 heterocycles. The van der Waals surface area contributed by atoms with E-state index in [1.54, 1.807) is 6.07 Å². The third kappa shape index (κ3) is 2.22. The van der Waals surface area contributed by atoms with Gasteiger partial charge < -0.3 is 15.4 Å². The number of nitrogens with one attached hydrogen (secondary N) is 2. The Bertz CT molecular complexity index is 749. The van der Waals surface area contributed by atoms with E-state index in [0.717, 1.165) is 6.07 Å². The molecule has 3 N–H and O–H groups in total. The van der Waals surface area contributed by atoms with Crippen LogP contribution in [0.1, 0.15) is 6.92 Å². The van der Waals surface area contributed by atoms with Crippen molar-refractivity contribution >= 4 is 22.5 Å². The van der Waals surface area contributed by atoms with Crippen LogP contribution in [0.4, 0.5) is 5.69 Å². The summed E-state index contributed by atoms with van der Waals surface area (Å²) in [5, 5.41) is 12.5. The van der Waals surface area contributed by atoms with Gasteiger partial charge in [0.1, 0.15) is 5.75 Å². The summed E-state index contributed by atoms with van der Waals surface area (Å²) in [6.45, 7) is 1.35. The van der Waals surface area contributed by atoms with Crippen LogP contribution in [0, 0.1) is 0 Å². The number of carbonyl (C=O) groups is 1. The Hall–Kier alpha value is -2.63. The molecule has 0 saturated heterocycles. The molecule has 0 bridgehead atoms. The van der Waals surface area contributed by atoms with E-state index in [4.69, 9.17) is 0 Å². The summed E-state index contributed by atoms with van der Waals surface area (Å²) >= 11 is 0. The molecular weight excluding hydrogens is 236 g/mol. The van der Waals surface area contributed by atoms with Crippen molar-refractivity contribution < 1.29 is 9.90 Å². The van der Waals surface area contributed by atoms with Gasteiger partial charge in [0, 0.05) is 24.1 Å². The minimum atomic E-state index is -0.829. The van der Waals surface area contributed by atoms with Gasteiger partial charge in [-0.25, -0.2) is 0 Å². The van der Waals surface area contributed by atoms with E-state index in [1.807, 2.05) is 0 Å². The van der Waals surface area contributed by atoms with E-state index in [1.165, 1.54) is 19.1 Å². The average molecular weight is 246 g/mol. The SMILES string of the molecule is CC(=O)Nc1ccc2[nH]c(=O)c(=O)cc(O)c2c1. The summed E-state index contributed by atoms with van der Waals surface area (Å²) in [6.07, 6.45) is 0. The highest BCUT2D eigenvalue weighted by atomic mass is 16.3. The molecule has 0 unspecified atom stereocenters. The normalized spacial score (nSPS) is 10.3. The van der Waals surface area contributed by atoms with Crippen molar-refractivity contribution in [3.63, 3.8) is 0 Å². The van der Waals surface area contributed by atoms with E-state index < -0.39 is 11.0 Å². The Morgan fingerprint density at radius 1 is 1.28 bits per heavy atom. The highest BCUT2D eigenvalue weighted by molar-refractivity contribution is 5.93. The van der Waals surface area contributed by atoms with Crippen LogP contribution in [0.25, 0.3) is 10.9 Å². The van der Waals surface area contributed by atoms with E-state index in [-0.39, 0.29) is 17.0 Å². The number of anilines is 1. The molecule has 0 atom stereocenters. The van der Waals surface area contributed by atoms with Gasteiger partial charge in [-0.1, -0.05) is 0 Å². The van der Waals surface area contributed by atoms with Crippen LogP contribution in [-0.4, -0.2) is 16.0 Å². The highest BCUT2D eigenvalue weighted by Crippen LogP contribution is 2.23. The number of hydrogen-bond acceptors (Lipinski definition) is 4. The second kappa shape index (κ2) is 4.33. The Morgan fingerprint density at radius 2 is 2.00 bits per heavy atom. The third-order valence-corrected chi connectivity index (χ3v) is 2.36. The van der Waals surface area contributed by atoms with Gasteiger partial charge in [-0.2, -0.15) is 0 Å². The Balaban J connectivity index is 2.78. The first kappa shape index (κ1) is 11.8. The maximum Gasteiger partial charge on any atom is 0.296 e. The van der Waals surface area contributed by atoms with Crippen LogP contribution < -0.4 is 16.3 Å². The fourth-order valence-corrected chi connectivity index (χ4v) is 1.60. The smallest absolute Gasteiger partial charge is 0.296 e. The zero-order valence-corrected chi connectivity index (χ0v) is 9.48. The quantitative estimate of drug-likeness (QED) is 0.640. The summed E-state index contributed by atoms with van der Waals surface area (Å²) < 4.78 is 0. The molecule has 0 fully saturated rings. The first-order chi connectivity index (χ1) is 8.47. The number of fused-ring (bicyclic) bond motifs is 1. The molecule has 2 rings (SSSR count). The first-order valence-electron chi connectivity index (χ1n) is 5.15. The predicted molar refractivity (Wildman–Crippen MR) is 66.8 cm³/mol. The number of aromatic hydroxyl groups is 1. The lowest BCUT2D eigenvalue weighted by atomic mass is 10.2. The first-order valence-corrected chi connectivity index (χ1v) is 5.15. The molecule has 0 aliphatic heterocycles. The van der Waals surface area contributed by atoms with Crippen LogP contribution in [0.3, 0.4) is 0 Å². The molecule has 1 aromatic carbocycles. The zero-order chi connectivity index (χ0) is 13.3. The largest absolute Gasteiger partial charge is 0.507 e. The molecule has 0 aliphatic rings. The number of aromatic amines is 1. The van der Waals surface area contributed by atoms with Crippen LogP contribution >= 0.6 is 0 Å². The topological polar surface area (TPSA) is 99.3 Å². The molecule has 6 nitrogen and oxygen atoms in total. The highest BCUT2D eigenvalue weighted by Gasteiger charge is 2.04. The molecule has 0 spiro atoms. The molecule has 18 heavy (non-hydrogen) atoms. The van der Waals surface area contributed by atoms with Crippen molar-refractivity contribution in [1.29, 1.82) is 0 Å². The monoisotopic (exact) mass is 246 g/mol. The van der Waals surface area contributed by atoms with Crippen molar-refractivity contribution in [2.45, 2.75) is 6.92 Å². The van der Waals surface area contributed by atoms with Gasteiger partial charge in [0.15, 0.2) is 0 Å². The Kier molecular flexibility index (Phi) is 2.85. The van der Waals surface area contributed by atoms with Gasteiger partial charge in [0.05, 0.1) is 5.52 Å². The fraction of sp³-hybridized carbons (Fsp3) is 0.0833. The van der Waals surface area contributed by atoms with Crippen LogP contribution in [0.2, 0.25) is 0 Å². The predicted octanol–water partition coefficient (Wildman–Crippen LogP) is 0.552.